The molecule has 22 heavy (non-hydrogen) atoms. The van der Waals surface area contributed by atoms with Crippen molar-refractivity contribution in [2.75, 3.05) is 13.2 Å². The summed E-state index contributed by atoms with van der Waals surface area (Å²) in [6, 6.07) is 0. The maximum Gasteiger partial charge on any atom is 0.127 e. The van der Waals surface area contributed by atoms with Gasteiger partial charge < -0.3 is 0 Å². The van der Waals surface area contributed by atoms with Crippen LogP contribution in [0.1, 0.15) is 96.8 Å². The second kappa shape index (κ2) is 13.9. The molecule has 0 bridgehead atoms. The monoisotopic (exact) mass is 310 g/mol. The van der Waals surface area contributed by atoms with Crippen molar-refractivity contribution in [1.82, 2.24) is 10.0 Å². The first kappa shape index (κ1) is 19.3. The lowest BCUT2D eigenvalue weighted by Crippen LogP contribution is -2.32. The SMILES string of the molecule is CCCCCCCCCCCCCCCCN1CN(N)C=N1. The van der Waals surface area contributed by atoms with Crippen molar-refractivity contribution in [2.24, 2.45) is 10.9 Å². The Hall–Kier alpha value is -0.770. The molecule has 1 heterocycles. The average molecular weight is 311 g/mol. The molecule has 2 N–H and O–H groups in total. The molecule has 1 aliphatic rings. The van der Waals surface area contributed by atoms with Crippen molar-refractivity contribution in [2.45, 2.75) is 96.8 Å². The van der Waals surface area contributed by atoms with Gasteiger partial charge in [-0.3, -0.25) is 10.0 Å². The van der Waals surface area contributed by atoms with Crippen LogP contribution in [0.4, 0.5) is 0 Å². The van der Waals surface area contributed by atoms with Gasteiger partial charge in [-0.1, -0.05) is 90.4 Å². The van der Waals surface area contributed by atoms with Crippen LogP contribution in [-0.2, 0) is 0 Å². The third-order valence-corrected chi connectivity index (χ3v) is 4.46. The molecular formula is C18H38N4. The number of hydrazone groups is 1. The third-order valence-electron chi connectivity index (χ3n) is 4.46. The van der Waals surface area contributed by atoms with Gasteiger partial charge in [-0.05, 0) is 6.42 Å². The summed E-state index contributed by atoms with van der Waals surface area (Å²) < 4.78 is 0. The Bertz CT molecular complexity index is 268. The smallest absolute Gasteiger partial charge is 0.127 e. The molecule has 0 fully saturated rings. The van der Waals surface area contributed by atoms with Crippen LogP contribution in [0.3, 0.4) is 0 Å². The van der Waals surface area contributed by atoms with Gasteiger partial charge in [-0.15, -0.1) is 0 Å². The van der Waals surface area contributed by atoms with Gasteiger partial charge in [-0.2, -0.15) is 5.10 Å². The van der Waals surface area contributed by atoms with Crippen molar-refractivity contribution < 1.29 is 0 Å². The standard InChI is InChI=1S/C18H38N4/c1-2-3-4-5-6-7-8-9-10-11-12-13-14-15-16-22-18-21(19)17-20-22/h17H,2-16,18-19H2,1H3. The molecule has 0 radical (unpaired) electrons. The number of hydrogen-bond acceptors (Lipinski definition) is 4. The number of nitrogens with zero attached hydrogens (tertiary/aromatic N) is 3. The maximum atomic E-state index is 5.62. The van der Waals surface area contributed by atoms with E-state index < -0.39 is 0 Å². The Morgan fingerprint density at radius 2 is 1.23 bits per heavy atom. The van der Waals surface area contributed by atoms with Crippen molar-refractivity contribution in [1.29, 1.82) is 0 Å². The molecule has 0 amide bonds. The number of unbranched alkanes of at least 4 members (excludes halogenated alkanes) is 13. The minimum atomic E-state index is 0.748. The summed E-state index contributed by atoms with van der Waals surface area (Å²) in [4.78, 5) is 0. The lowest BCUT2D eigenvalue weighted by molar-refractivity contribution is 0.233. The van der Waals surface area contributed by atoms with E-state index in [1.165, 1.54) is 89.9 Å². The highest BCUT2D eigenvalue weighted by Gasteiger charge is 2.08. The fourth-order valence-electron chi connectivity index (χ4n) is 3.02. The highest BCUT2D eigenvalue weighted by molar-refractivity contribution is 5.54. The van der Waals surface area contributed by atoms with Crippen LogP contribution in [-0.4, -0.2) is 29.6 Å². The van der Waals surface area contributed by atoms with Crippen LogP contribution in [0.5, 0.6) is 0 Å². The summed E-state index contributed by atoms with van der Waals surface area (Å²) in [7, 11) is 0. The predicted octanol–water partition coefficient (Wildman–Crippen LogP) is 4.86. The highest BCUT2D eigenvalue weighted by Crippen LogP contribution is 2.13. The molecule has 0 aromatic carbocycles. The molecule has 0 spiro atoms. The lowest BCUT2D eigenvalue weighted by atomic mass is 10.0. The second-order valence-corrected chi connectivity index (χ2v) is 6.71. The van der Waals surface area contributed by atoms with Crippen LogP contribution in [0.2, 0.25) is 0 Å². The summed E-state index contributed by atoms with van der Waals surface area (Å²) in [5.74, 6) is 5.62. The van der Waals surface area contributed by atoms with Gasteiger partial charge in [0.15, 0.2) is 0 Å². The van der Waals surface area contributed by atoms with E-state index in [0.29, 0.717) is 0 Å². The zero-order valence-corrected chi connectivity index (χ0v) is 14.8. The van der Waals surface area contributed by atoms with Gasteiger partial charge in [-0.25, -0.2) is 5.84 Å². The van der Waals surface area contributed by atoms with Gasteiger partial charge in [0.2, 0.25) is 0 Å². The van der Waals surface area contributed by atoms with Gasteiger partial charge >= 0.3 is 0 Å². The molecule has 4 nitrogen and oxygen atoms in total. The molecule has 0 aromatic heterocycles. The van der Waals surface area contributed by atoms with Gasteiger partial charge in [0.05, 0.1) is 0 Å². The Kier molecular flexibility index (Phi) is 12.1. The van der Waals surface area contributed by atoms with E-state index in [-0.39, 0.29) is 0 Å². The highest BCUT2D eigenvalue weighted by atomic mass is 15.6. The van der Waals surface area contributed by atoms with Crippen molar-refractivity contribution in [3.63, 3.8) is 0 Å². The largest absolute Gasteiger partial charge is 0.278 e. The summed E-state index contributed by atoms with van der Waals surface area (Å²) >= 11 is 0. The van der Waals surface area contributed by atoms with E-state index in [2.05, 4.69) is 12.0 Å². The first-order chi connectivity index (χ1) is 10.8. The zero-order chi connectivity index (χ0) is 15.9. The molecule has 0 aromatic rings. The predicted molar refractivity (Wildman–Crippen MR) is 96.4 cm³/mol. The normalized spacial score (nSPS) is 14.3. The average Bonchev–Trinajstić information content (AvgIpc) is 2.93. The topological polar surface area (TPSA) is 44.9 Å². The molecule has 0 saturated carbocycles. The van der Waals surface area contributed by atoms with Crippen molar-refractivity contribution >= 4 is 6.34 Å². The Labute approximate surface area is 138 Å². The second-order valence-electron chi connectivity index (χ2n) is 6.71. The molecule has 1 rings (SSSR count). The van der Waals surface area contributed by atoms with E-state index in [1.54, 1.807) is 11.3 Å². The van der Waals surface area contributed by atoms with Crippen LogP contribution in [0.25, 0.3) is 0 Å². The first-order valence-electron chi connectivity index (χ1n) is 9.63. The molecule has 4 heteroatoms. The Morgan fingerprint density at radius 3 is 1.64 bits per heavy atom. The number of hydrogen-bond donors (Lipinski definition) is 1. The maximum absolute atomic E-state index is 5.62. The molecular weight excluding hydrogens is 272 g/mol. The van der Waals surface area contributed by atoms with Crippen molar-refractivity contribution in [3.05, 3.63) is 0 Å². The van der Waals surface area contributed by atoms with E-state index in [4.69, 9.17) is 5.84 Å². The van der Waals surface area contributed by atoms with Crippen LogP contribution < -0.4 is 5.84 Å². The number of rotatable bonds is 15. The summed E-state index contributed by atoms with van der Waals surface area (Å²) in [6.07, 6.45) is 21.4. The molecule has 0 atom stereocenters. The van der Waals surface area contributed by atoms with E-state index in [0.717, 1.165) is 13.2 Å². The van der Waals surface area contributed by atoms with Gasteiger partial charge in [0, 0.05) is 6.54 Å². The molecule has 0 saturated heterocycles. The van der Waals surface area contributed by atoms with Crippen LogP contribution >= 0.6 is 0 Å². The minimum Gasteiger partial charge on any atom is -0.278 e. The third kappa shape index (κ3) is 10.9. The molecule has 1 aliphatic heterocycles. The van der Waals surface area contributed by atoms with Gasteiger partial charge in [0.25, 0.3) is 0 Å². The molecule has 130 valence electrons. The van der Waals surface area contributed by atoms with E-state index in [9.17, 15) is 0 Å². The van der Waals surface area contributed by atoms with Crippen LogP contribution in [0, 0.1) is 0 Å². The van der Waals surface area contributed by atoms with E-state index >= 15 is 0 Å². The number of hydrazine groups is 1. The summed E-state index contributed by atoms with van der Waals surface area (Å²) in [5, 5.41) is 7.90. The Balaban J connectivity index is 1.69. The van der Waals surface area contributed by atoms with Crippen LogP contribution in [0.15, 0.2) is 5.10 Å². The quantitative estimate of drug-likeness (QED) is 0.347. The lowest BCUT2D eigenvalue weighted by Gasteiger charge is -2.14. The Morgan fingerprint density at radius 1 is 0.773 bits per heavy atom. The fourth-order valence-corrected chi connectivity index (χ4v) is 3.02. The summed E-state index contributed by atoms with van der Waals surface area (Å²) in [5.41, 5.74) is 0. The summed E-state index contributed by atoms with van der Waals surface area (Å²) in [6.45, 7) is 4.08. The first-order valence-corrected chi connectivity index (χ1v) is 9.63. The van der Waals surface area contributed by atoms with Gasteiger partial charge in [0.1, 0.15) is 13.0 Å². The number of nitrogens with two attached hydrogens (primary N) is 1. The zero-order valence-electron chi connectivity index (χ0n) is 14.8. The molecule has 0 unspecified atom stereocenters. The molecule has 0 aliphatic carbocycles. The minimum absolute atomic E-state index is 0.748. The fraction of sp³-hybridized carbons (Fsp3) is 0.944. The van der Waals surface area contributed by atoms with E-state index in [1.807, 2.05) is 5.01 Å². The van der Waals surface area contributed by atoms with Crippen molar-refractivity contribution in [3.8, 4) is 0 Å².